The molecule has 0 unspecified atom stereocenters. The molecule has 1 aliphatic carbocycles. The molecular formula is C22H28N4O3. The Balaban J connectivity index is 1.78. The second-order valence-corrected chi connectivity index (χ2v) is 7.84. The molecule has 7 heteroatoms. The first-order valence-corrected chi connectivity index (χ1v) is 10.2. The molecule has 0 N–H and O–H groups in total. The number of morpholine rings is 1. The second kappa shape index (κ2) is 7.99. The van der Waals surface area contributed by atoms with Gasteiger partial charge in [0.2, 0.25) is 5.91 Å². The van der Waals surface area contributed by atoms with E-state index in [1.165, 1.54) is 0 Å². The van der Waals surface area contributed by atoms with Crippen molar-refractivity contribution in [2.75, 3.05) is 13.7 Å². The zero-order valence-corrected chi connectivity index (χ0v) is 17.3. The molecule has 1 amide bonds. The van der Waals surface area contributed by atoms with Crippen LogP contribution in [0.15, 0.2) is 36.4 Å². The molecule has 1 saturated carbocycles. The zero-order chi connectivity index (χ0) is 20.5. The molecule has 1 aromatic carbocycles. The van der Waals surface area contributed by atoms with E-state index in [1.807, 2.05) is 47.7 Å². The van der Waals surface area contributed by atoms with Crippen LogP contribution in [0, 0.1) is 0 Å². The first kappa shape index (κ1) is 19.6. The highest BCUT2D eigenvalue weighted by molar-refractivity contribution is 5.79. The summed E-state index contributed by atoms with van der Waals surface area (Å²) in [6.45, 7) is 8.68. The third-order valence-corrected chi connectivity index (χ3v) is 5.39. The van der Waals surface area contributed by atoms with Crippen molar-refractivity contribution in [3.05, 3.63) is 53.6 Å². The van der Waals surface area contributed by atoms with Gasteiger partial charge in [-0.1, -0.05) is 31.2 Å². The summed E-state index contributed by atoms with van der Waals surface area (Å²) in [5, 5.41) is 4.65. The highest BCUT2D eigenvalue weighted by Crippen LogP contribution is 2.45. The lowest BCUT2D eigenvalue weighted by molar-refractivity contribution is -0.160. The Morgan fingerprint density at radius 2 is 2.03 bits per heavy atom. The summed E-state index contributed by atoms with van der Waals surface area (Å²) in [5.41, 5.74) is 2.00. The van der Waals surface area contributed by atoms with Gasteiger partial charge in [0.1, 0.15) is 18.5 Å². The number of amides is 1. The molecule has 1 saturated heterocycles. The monoisotopic (exact) mass is 396 g/mol. The van der Waals surface area contributed by atoms with Crippen LogP contribution in [0.3, 0.4) is 0 Å². The number of benzene rings is 1. The first-order valence-electron chi connectivity index (χ1n) is 10.2. The minimum absolute atomic E-state index is 0.0336. The molecule has 4 rings (SSSR count). The van der Waals surface area contributed by atoms with Crippen molar-refractivity contribution in [3.8, 4) is 5.75 Å². The van der Waals surface area contributed by atoms with E-state index in [9.17, 15) is 4.79 Å². The fourth-order valence-corrected chi connectivity index (χ4v) is 3.90. The van der Waals surface area contributed by atoms with E-state index in [1.54, 1.807) is 7.11 Å². The predicted octanol–water partition coefficient (Wildman–Crippen LogP) is 3.23. The average Bonchev–Trinajstić information content (AvgIpc) is 3.48. The van der Waals surface area contributed by atoms with Crippen molar-refractivity contribution < 1.29 is 14.3 Å². The maximum atomic E-state index is 12.8. The molecule has 1 aliphatic heterocycles. The summed E-state index contributed by atoms with van der Waals surface area (Å²) in [6.07, 6.45) is 2.42. The van der Waals surface area contributed by atoms with E-state index in [0.29, 0.717) is 6.54 Å². The molecule has 154 valence electrons. The number of hydrogen-bond donors (Lipinski definition) is 0. The fourth-order valence-electron chi connectivity index (χ4n) is 3.90. The molecule has 0 radical (unpaired) electrons. The van der Waals surface area contributed by atoms with Crippen LogP contribution in [0.5, 0.6) is 5.75 Å². The fraction of sp³-hybridized carbons (Fsp3) is 0.500. The first-order chi connectivity index (χ1) is 14.0. The number of aryl methyl sites for hydroxylation is 1. The van der Waals surface area contributed by atoms with Crippen molar-refractivity contribution in [1.82, 2.24) is 19.7 Å². The topological polar surface area (TPSA) is 69.5 Å². The van der Waals surface area contributed by atoms with Crippen molar-refractivity contribution in [2.45, 2.75) is 57.8 Å². The van der Waals surface area contributed by atoms with Gasteiger partial charge >= 0.3 is 0 Å². The van der Waals surface area contributed by atoms with Crippen LogP contribution < -0.4 is 4.74 Å². The van der Waals surface area contributed by atoms with Crippen LogP contribution in [-0.4, -0.2) is 45.3 Å². The number of rotatable bonds is 7. The standard InChI is InChI=1S/C22H28N4O3/c1-5-18-23-22(25(24-18)12-14(2)3)21-20(15-6-10-17(28-4)11-7-15)26(16-8-9-16)19(27)13-29-21/h6-7,10-11,16,20-21H,2,5,8-9,12-13H2,1,3-4H3/t20-,21+/m1/s1. The van der Waals surface area contributed by atoms with Gasteiger partial charge in [-0.15, -0.1) is 0 Å². The number of carbonyl (C=O) groups excluding carboxylic acids is 1. The minimum Gasteiger partial charge on any atom is -0.497 e. The Labute approximate surface area is 171 Å². The third kappa shape index (κ3) is 3.92. The lowest BCUT2D eigenvalue weighted by Gasteiger charge is -2.41. The van der Waals surface area contributed by atoms with Crippen LogP contribution in [-0.2, 0) is 22.5 Å². The Morgan fingerprint density at radius 1 is 1.31 bits per heavy atom. The van der Waals surface area contributed by atoms with Crippen LogP contribution in [0.2, 0.25) is 0 Å². The van der Waals surface area contributed by atoms with Gasteiger partial charge in [0.05, 0.1) is 19.7 Å². The summed E-state index contributed by atoms with van der Waals surface area (Å²) >= 11 is 0. The normalized spacial score (nSPS) is 22.0. The Bertz CT molecular complexity index is 901. The van der Waals surface area contributed by atoms with Crippen LogP contribution in [0.4, 0.5) is 0 Å². The number of hydrogen-bond acceptors (Lipinski definition) is 5. The highest BCUT2D eigenvalue weighted by Gasteiger charge is 2.47. The SMILES string of the molecule is C=C(C)Cn1nc(CC)nc1[C@H]1OCC(=O)N(C2CC2)[C@@H]1c1ccc(OC)cc1. The summed E-state index contributed by atoms with van der Waals surface area (Å²) in [5.74, 6) is 2.34. The van der Waals surface area contributed by atoms with E-state index < -0.39 is 0 Å². The zero-order valence-electron chi connectivity index (χ0n) is 17.3. The van der Waals surface area contributed by atoms with E-state index in [-0.39, 0.29) is 30.7 Å². The van der Waals surface area contributed by atoms with E-state index in [4.69, 9.17) is 14.5 Å². The van der Waals surface area contributed by atoms with Gasteiger partial charge in [0.25, 0.3) is 0 Å². The Morgan fingerprint density at radius 3 is 2.62 bits per heavy atom. The second-order valence-electron chi connectivity index (χ2n) is 7.84. The Kier molecular flexibility index (Phi) is 5.41. The summed E-state index contributed by atoms with van der Waals surface area (Å²) < 4.78 is 13.3. The quantitative estimate of drug-likeness (QED) is 0.672. The van der Waals surface area contributed by atoms with Crippen molar-refractivity contribution >= 4 is 5.91 Å². The molecule has 7 nitrogen and oxygen atoms in total. The molecule has 0 spiro atoms. The van der Waals surface area contributed by atoms with Gasteiger partial charge < -0.3 is 14.4 Å². The summed E-state index contributed by atoms with van der Waals surface area (Å²) in [4.78, 5) is 19.6. The van der Waals surface area contributed by atoms with Crippen LogP contribution in [0.1, 0.15) is 56.0 Å². The van der Waals surface area contributed by atoms with Crippen molar-refractivity contribution in [1.29, 1.82) is 0 Å². The molecule has 2 aromatic rings. The predicted molar refractivity (Wildman–Crippen MR) is 109 cm³/mol. The molecular weight excluding hydrogens is 368 g/mol. The van der Waals surface area contributed by atoms with Gasteiger partial charge in [-0.2, -0.15) is 5.10 Å². The largest absolute Gasteiger partial charge is 0.497 e. The minimum atomic E-state index is -0.381. The van der Waals surface area contributed by atoms with E-state index >= 15 is 0 Å². The van der Waals surface area contributed by atoms with Gasteiger partial charge in [0, 0.05) is 12.5 Å². The smallest absolute Gasteiger partial charge is 0.249 e. The molecule has 2 atom stereocenters. The van der Waals surface area contributed by atoms with Crippen LogP contribution in [0.25, 0.3) is 0 Å². The summed E-state index contributed by atoms with van der Waals surface area (Å²) in [7, 11) is 1.65. The highest BCUT2D eigenvalue weighted by atomic mass is 16.5. The number of carbonyl (C=O) groups is 1. The van der Waals surface area contributed by atoms with Gasteiger partial charge in [-0.3, -0.25) is 4.79 Å². The lowest BCUT2D eigenvalue weighted by Crippen LogP contribution is -2.47. The molecule has 2 fully saturated rings. The van der Waals surface area contributed by atoms with Gasteiger partial charge in [0.15, 0.2) is 11.6 Å². The average molecular weight is 396 g/mol. The van der Waals surface area contributed by atoms with Gasteiger partial charge in [-0.25, -0.2) is 9.67 Å². The maximum absolute atomic E-state index is 12.8. The molecule has 2 heterocycles. The van der Waals surface area contributed by atoms with E-state index in [2.05, 4.69) is 11.7 Å². The summed E-state index contributed by atoms with van der Waals surface area (Å²) in [6, 6.07) is 7.89. The van der Waals surface area contributed by atoms with Crippen LogP contribution >= 0.6 is 0 Å². The maximum Gasteiger partial charge on any atom is 0.249 e. The number of allylic oxidation sites excluding steroid dienone is 1. The number of ether oxygens (including phenoxy) is 2. The molecule has 0 bridgehead atoms. The van der Waals surface area contributed by atoms with Crippen molar-refractivity contribution in [3.63, 3.8) is 0 Å². The molecule has 29 heavy (non-hydrogen) atoms. The number of nitrogens with zero attached hydrogens (tertiary/aromatic N) is 4. The lowest BCUT2D eigenvalue weighted by atomic mass is 9.96. The third-order valence-electron chi connectivity index (χ3n) is 5.39. The van der Waals surface area contributed by atoms with E-state index in [0.717, 1.165) is 47.8 Å². The molecule has 1 aromatic heterocycles. The van der Waals surface area contributed by atoms with Gasteiger partial charge in [-0.05, 0) is 37.5 Å². The number of methoxy groups -OCH3 is 1. The molecule has 2 aliphatic rings. The van der Waals surface area contributed by atoms with Crippen molar-refractivity contribution in [2.24, 2.45) is 0 Å². The Hall–Kier alpha value is -2.67. The number of aromatic nitrogens is 3.